The number of carboxylic acids is 1. The highest BCUT2D eigenvalue weighted by Gasteiger charge is 2.04. The largest absolute Gasteiger partial charge is 0.546 e. The summed E-state index contributed by atoms with van der Waals surface area (Å²) in [5, 5.41) is 10.3. The molecule has 0 fully saturated rings. The lowest BCUT2D eigenvalue weighted by Crippen LogP contribution is -2.28. The summed E-state index contributed by atoms with van der Waals surface area (Å²) in [4.78, 5) is 22.4. The minimum absolute atomic E-state index is 0.269. The maximum absolute atomic E-state index is 12.8. The first-order valence-corrected chi connectivity index (χ1v) is 6.45. The van der Waals surface area contributed by atoms with E-state index in [0.29, 0.717) is 11.1 Å². The third kappa shape index (κ3) is 4.56. The quantitative estimate of drug-likeness (QED) is 0.603. The fourth-order valence-electron chi connectivity index (χ4n) is 1.72. The van der Waals surface area contributed by atoms with Gasteiger partial charge in [0.25, 0.3) is 0 Å². The average Bonchev–Trinajstić information content (AvgIpc) is 2.52. The second-order valence-electron chi connectivity index (χ2n) is 4.44. The molecule has 22 heavy (non-hydrogen) atoms. The summed E-state index contributed by atoms with van der Waals surface area (Å²) in [6.07, 6.45) is 2.92. The molecule has 0 atom stereocenters. The molecule has 0 saturated carbocycles. The molecule has 0 aromatic heterocycles. The van der Waals surface area contributed by atoms with Gasteiger partial charge in [0.15, 0.2) is 5.78 Å². The number of halogens is 1. The first-order chi connectivity index (χ1) is 10.5. The van der Waals surface area contributed by atoms with Gasteiger partial charge in [0, 0.05) is 5.56 Å². The number of ether oxygens (including phenoxy) is 1. The first kappa shape index (κ1) is 15.4. The van der Waals surface area contributed by atoms with Crippen LogP contribution in [0.3, 0.4) is 0 Å². The Morgan fingerprint density at radius 1 is 1.14 bits per heavy atom. The molecule has 0 aliphatic rings. The van der Waals surface area contributed by atoms with Crippen LogP contribution in [-0.4, -0.2) is 18.4 Å². The summed E-state index contributed by atoms with van der Waals surface area (Å²) in [7, 11) is 0. The molecule has 0 radical (unpaired) electrons. The molecule has 0 aliphatic heterocycles. The van der Waals surface area contributed by atoms with Crippen molar-refractivity contribution < 1.29 is 23.8 Å². The Kier molecular flexibility index (Phi) is 5.03. The molecule has 0 N–H and O–H groups in total. The van der Waals surface area contributed by atoms with Crippen LogP contribution in [-0.2, 0) is 4.79 Å². The van der Waals surface area contributed by atoms with E-state index in [2.05, 4.69) is 0 Å². The molecule has 0 saturated heterocycles. The van der Waals surface area contributed by atoms with Crippen LogP contribution in [0.25, 0.3) is 6.08 Å². The third-order valence-corrected chi connectivity index (χ3v) is 2.77. The Morgan fingerprint density at radius 2 is 1.86 bits per heavy atom. The number of benzene rings is 2. The Morgan fingerprint density at radius 3 is 2.55 bits per heavy atom. The number of hydrogen-bond donors (Lipinski definition) is 0. The number of aliphatic carboxylic acids is 1. The van der Waals surface area contributed by atoms with E-state index in [1.165, 1.54) is 24.3 Å². The van der Waals surface area contributed by atoms with E-state index in [1.807, 2.05) is 0 Å². The van der Waals surface area contributed by atoms with Crippen LogP contribution in [0.15, 0.2) is 54.6 Å². The van der Waals surface area contributed by atoms with E-state index in [9.17, 15) is 19.1 Å². The van der Waals surface area contributed by atoms with Crippen molar-refractivity contribution in [1.29, 1.82) is 0 Å². The molecule has 0 spiro atoms. The number of rotatable bonds is 6. The topological polar surface area (TPSA) is 66.4 Å². The lowest BCUT2D eigenvalue weighted by atomic mass is 10.1. The second kappa shape index (κ2) is 7.17. The van der Waals surface area contributed by atoms with Gasteiger partial charge in [0.05, 0.1) is 5.97 Å². The van der Waals surface area contributed by atoms with E-state index in [1.54, 1.807) is 36.4 Å². The summed E-state index contributed by atoms with van der Waals surface area (Å²) >= 11 is 0. The number of carboxylic acid groups (broad SMARTS) is 1. The van der Waals surface area contributed by atoms with E-state index >= 15 is 0 Å². The zero-order valence-corrected chi connectivity index (χ0v) is 11.5. The Balaban J connectivity index is 2.07. The highest BCUT2D eigenvalue weighted by Crippen LogP contribution is 2.14. The smallest absolute Gasteiger partial charge is 0.185 e. The van der Waals surface area contributed by atoms with E-state index < -0.39 is 12.6 Å². The van der Waals surface area contributed by atoms with Gasteiger partial charge in [-0.05, 0) is 35.9 Å². The van der Waals surface area contributed by atoms with E-state index in [-0.39, 0.29) is 17.3 Å². The summed E-state index contributed by atoms with van der Waals surface area (Å²) in [5.41, 5.74) is 1.05. The molecule has 0 unspecified atom stereocenters. The minimum atomic E-state index is -1.34. The lowest BCUT2D eigenvalue weighted by Gasteiger charge is -2.07. The van der Waals surface area contributed by atoms with Crippen LogP contribution in [0.2, 0.25) is 0 Å². The lowest BCUT2D eigenvalue weighted by molar-refractivity contribution is -0.307. The molecule has 5 heteroatoms. The molecule has 0 amide bonds. The van der Waals surface area contributed by atoms with Gasteiger partial charge in [-0.3, -0.25) is 4.79 Å². The van der Waals surface area contributed by atoms with Crippen LogP contribution >= 0.6 is 0 Å². The number of hydrogen-bond acceptors (Lipinski definition) is 4. The van der Waals surface area contributed by atoms with Crippen molar-refractivity contribution in [3.63, 3.8) is 0 Å². The Bertz CT molecular complexity index is 705. The van der Waals surface area contributed by atoms with Crippen molar-refractivity contribution in [3.8, 4) is 5.75 Å². The molecule has 2 aromatic rings. The molecule has 2 aromatic carbocycles. The summed E-state index contributed by atoms with van der Waals surface area (Å²) in [6.45, 7) is -0.580. The van der Waals surface area contributed by atoms with Crippen LogP contribution < -0.4 is 9.84 Å². The average molecular weight is 299 g/mol. The predicted octanol–water partition coefficient (Wildman–Crippen LogP) is 1.85. The molecule has 112 valence electrons. The zero-order valence-electron chi connectivity index (χ0n) is 11.5. The number of ketones is 1. The molecular formula is C17H12FO4-. The molecule has 4 nitrogen and oxygen atoms in total. The first-order valence-electron chi connectivity index (χ1n) is 6.45. The van der Waals surface area contributed by atoms with Crippen molar-refractivity contribution in [3.05, 3.63) is 71.6 Å². The van der Waals surface area contributed by atoms with Crippen molar-refractivity contribution in [2.75, 3.05) is 6.61 Å². The molecular weight excluding hydrogens is 287 g/mol. The van der Waals surface area contributed by atoms with Crippen molar-refractivity contribution in [1.82, 2.24) is 0 Å². The Hall–Kier alpha value is -2.95. The van der Waals surface area contributed by atoms with E-state index in [0.717, 1.165) is 0 Å². The van der Waals surface area contributed by atoms with Gasteiger partial charge in [-0.1, -0.05) is 30.3 Å². The fraction of sp³-hybridized carbons (Fsp3) is 0.0588. The normalized spacial score (nSPS) is 10.6. The fourth-order valence-corrected chi connectivity index (χ4v) is 1.72. The Labute approximate surface area is 126 Å². The minimum Gasteiger partial charge on any atom is -0.546 e. The maximum Gasteiger partial charge on any atom is 0.185 e. The van der Waals surface area contributed by atoms with Gasteiger partial charge in [-0.15, -0.1) is 0 Å². The van der Waals surface area contributed by atoms with Crippen LogP contribution in [0.5, 0.6) is 5.75 Å². The van der Waals surface area contributed by atoms with Crippen molar-refractivity contribution >= 4 is 17.8 Å². The summed E-state index contributed by atoms with van der Waals surface area (Å²) in [5.74, 6) is -1.69. The van der Waals surface area contributed by atoms with Crippen molar-refractivity contribution in [2.24, 2.45) is 0 Å². The predicted molar refractivity (Wildman–Crippen MR) is 76.7 cm³/mol. The maximum atomic E-state index is 12.8. The standard InChI is InChI=1S/C17H13FO4/c18-14-7-4-12(5-8-14)6-9-16(19)13-2-1-3-15(10-13)22-11-17(20)21/h1-10H,11H2,(H,20,21)/p-1/b9-6+. The van der Waals surface area contributed by atoms with E-state index in [4.69, 9.17) is 4.74 Å². The zero-order chi connectivity index (χ0) is 15.9. The SMILES string of the molecule is O=C([O-])COc1cccc(C(=O)/C=C/c2ccc(F)cc2)c1. The van der Waals surface area contributed by atoms with Gasteiger partial charge < -0.3 is 14.6 Å². The summed E-state index contributed by atoms with van der Waals surface area (Å²) < 4.78 is 17.7. The molecule has 2 rings (SSSR count). The van der Waals surface area contributed by atoms with Gasteiger partial charge in [-0.25, -0.2) is 4.39 Å². The highest BCUT2D eigenvalue weighted by atomic mass is 19.1. The van der Waals surface area contributed by atoms with Crippen LogP contribution in [0.4, 0.5) is 4.39 Å². The van der Waals surface area contributed by atoms with Crippen LogP contribution in [0, 0.1) is 5.82 Å². The monoisotopic (exact) mass is 299 g/mol. The van der Waals surface area contributed by atoms with Gasteiger partial charge in [0.2, 0.25) is 0 Å². The molecule has 0 bridgehead atoms. The third-order valence-electron chi connectivity index (χ3n) is 2.77. The van der Waals surface area contributed by atoms with Gasteiger partial charge in [-0.2, -0.15) is 0 Å². The number of carbonyl (C=O) groups is 2. The van der Waals surface area contributed by atoms with Gasteiger partial charge in [0.1, 0.15) is 18.2 Å². The van der Waals surface area contributed by atoms with Gasteiger partial charge >= 0.3 is 0 Å². The van der Waals surface area contributed by atoms with Crippen LogP contribution in [0.1, 0.15) is 15.9 Å². The van der Waals surface area contributed by atoms with Crippen molar-refractivity contribution in [2.45, 2.75) is 0 Å². The number of allylic oxidation sites excluding steroid dienone is 1. The number of carbonyl (C=O) groups excluding carboxylic acids is 2. The molecule has 0 heterocycles. The second-order valence-corrected chi connectivity index (χ2v) is 4.44. The summed E-state index contributed by atoms with van der Waals surface area (Å²) in [6, 6.07) is 11.9. The highest BCUT2D eigenvalue weighted by molar-refractivity contribution is 6.07. The molecule has 0 aliphatic carbocycles.